The highest BCUT2D eigenvalue weighted by Crippen LogP contribution is 2.17. The molecule has 19 heavy (non-hydrogen) atoms. The summed E-state index contributed by atoms with van der Waals surface area (Å²) in [5.74, 6) is 2.75. The molecule has 0 aromatic carbocycles. The predicted molar refractivity (Wildman–Crippen MR) is 81.0 cm³/mol. The second kappa shape index (κ2) is 7.11. The van der Waals surface area contributed by atoms with Gasteiger partial charge in [0.1, 0.15) is 11.5 Å². The highest BCUT2D eigenvalue weighted by molar-refractivity contribution is 5.07. The fourth-order valence-electron chi connectivity index (χ4n) is 2.22. The van der Waals surface area contributed by atoms with Crippen LogP contribution >= 0.6 is 0 Å². The van der Waals surface area contributed by atoms with Gasteiger partial charge in [-0.3, -0.25) is 4.90 Å². The molecule has 1 N–H and O–H groups in total. The Kier molecular flexibility index (Phi) is 6.08. The Balaban J connectivity index is 2.38. The molecule has 0 aliphatic carbocycles. The van der Waals surface area contributed by atoms with E-state index in [0.717, 1.165) is 37.7 Å². The molecule has 0 saturated heterocycles. The number of furan rings is 1. The van der Waals surface area contributed by atoms with Crippen LogP contribution in [0.2, 0.25) is 0 Å². The van der Waals surface area contributed by atoms with Crippen LogP contribution in [0.5, 0.6) is 0 Å². The second-order valence-corrected chi connectivity index (χ2v) is 7.13. The highest BCUT2D eigenvalue weighted by atomic mass is 16.3. The van der Waals surface area contributed by atoms with Crippen LogP contribution in [0.4, 0.5) is 0 Å². The summed E-state index contributed by atoms with van der Waals surface area (Å²) in [7, 11) is 2.14. The summed E-state index contributed by atoms with van der Waals surface area (Å²) in [6.07, 6.45) is 0. The SMILES string of the molecule is CC(C)CNCc1ccc(CN(C)CC(C)(C)C)o1. The van der Waals surface area contributed by atoms with Crippen molar-refractivity contribution in [3.8, 4) is 0 Å². The van der Waals surface area contributed by atoms with E-state index in [1.165, 1.54) is 0 Å². The topological polar surface area (TPSA) is 28.4 Å². The summed E-state index contributed by atoms with van der Waals surface area (Å²) in [6.45, 7) is 15.0. The lowest BCUT2D eigenvalue weighted by atomic mass is 9.96. The van der Waals surface area contributed by atoms with E-state index in [9.17, 15) is 0 Å². The highest BCUT2D eigenvalue weighted by Gasteiger charge is 2.14. The lowest BCUT2D eigenvalue weighted by Crippen LogP contribution is -2.28. The average molecular weight is 266 g/mol. The normalized spacial score (nSPS) is 12.6. The first-order chi connectivity index (χ1) is 8.76. The molecule has 0 fully saturated rings. The Labute approximate surface area is 118 Å². The summed E-state index contributed by atoms with van der Waals surface area (Å²) < 4.78 is 5.85. The van der Waals surface area contributed by atoms with E-state index in [-0.39, 0.29) is 0 Å². The van der Waals surface area contributed by atoms with Crippen molar-refractivity contribution in [2.75, 3.05) is 20.1 Å². The summed E-state index contributed by atoms with van der Waals surface area (Å²) in [6, 6.07) is 4.17. The van der Waals surface area contributed by atoms with Crippen molar-refractivity contribution in [2.24, 2.45) is 11.3 Å². The van der Waals surface area contributed by atoms with Gasteiger partial charge < -0.3 is 9.73 Å². The van der Waals surface area contributed by atoms with Crippen LogP contribution in [0, 0.1) is 11.3 Å². The monoisotopic (exact) mass is 266 g/mol. The Morgan fingerprint density at radius 2 is 1.84 bits per heavy atom. The van der Waals surface area contributed by atoms with E-state index in [1.807, 2.05) is 0 Å². The smallest absolute Gasteiger partial charge is 0.118 e. The minimum atomic E-state index is 0.322. The number of hydrogen-bond donors (Lipinski definition) is 1. The van der Waals surface area contributed by atoms with E-state index in [2.05, 4.69) is 64.0 Å². The molecule has 1 heterocycles. The lowest BCUT2D eigenvalue weighted by Gasteiger charge is -2.25. The van der Waals surface area contributed by atoms with Crippen molar-refractivity contribution in [1.29, 1.82) is 0 Å². The molecule has 0 aliphatic heterocycles. The largest absolute Gasteiger partial charge is 0.463 e. The van der Waals surface area contributed by atoms with Crippen LogP contribution in [-0.2, 0) is 13.1 Å². The summed E-state index contributed by atoms with van der Waals surface area (Å²) in [4.78, 5) is 2.31. The first kappa shape index (κ1) is 16.3. The van der Waals surface area contributed by atoms with Crippen LogP contribution < -0.4 is 5.32 Å². The first-order valence-corrected chi connectivity index (χ1v) is 7.23. The molecule has 0 spiro atoms. The van der Waals surface area contributed by atoms with Gasteiger partial charge in [0.25, 0.3) is 0 Å². The van der Waals surface area contributed by atoms with E-state index in [1.54, 1.807) is 0 Å². The summed E-state index contributed by atoms with van der Waals surface area (Å²) in [5, 5.41) is 3.40. The van der Waals surface area contributed by atoms with Crippen LogP contribution in [0.15, 0.2) is 16.5 Å². The number of hydrogen-bond acceptors (Lipinski definition) is 3. The molecule has 0 atom stereocenters. The quantitative estimate of drug-likeness (QED) is 0.818. The Hall–Kier alpha value is -0.800. The molecule has 1 aromatic heterocycles. The molecule has 0 unspecified atom stereocenters. The van der Waals surface area contributed by atoms with E-state index < -0.39 is 0 Å². The third kappa shape index (κ3) is 7.38. The summed E-state index contributed by atoms with van der Waals surface area (Å²) in [5.41, 5.74) is 0.322. The second-order valence-electron chi connectivity index (χ2n) is 7.13. The van der Waals surface area contributed by atoms with Gasteiger partial charge in [-0.05, 0) is 37.1 Å². The van der Waals surface area contributed by atoms with E-state index >= 15 is 0 Å². The van der Waals surface area contributed by atoms with Gasteiger partial charge in [-0.15, -0.1) is 0 Å². The molecule has 0 amide bonds. The standard InChI is InChI=1S/C16H30N2O/c1-13(2)9-17-10-14-7-8-15(19-14)11-18(6)12-16(3,4)5/h7-8,13,17H,9-12H2,1-6H3. The van der Waals surface area contributed by atoms with Crippen molar-refractivity contribution in [3.63, 3.8) is 0 Å². The van der Waals surface area contributed by atoms with Gasteiger partial charge in [-0.1, -0.05) is 34.6 Å². The van der Waals surface area contributed by atoms with Crippen molar-refractivity contribution in [3.05, 3.63) is 23.7 Å². The van der Waals surface area contributed by atoms with Crippen LogP contribution in [0.1, 0.15) is 46.1 Å². The third-order valence-corrected chi connectivity index (χ3v) is 2.74. The molecule has 1 rings (SSSR count). The van der Waals surface area contributed by atoms with Crippen molar-refractivity contribution in [1.82, 2.24) is 10.2 Å². The van der Waals surface area contributed by atoms with Crippen molar-refractivity contribution >= 4 is 0 Å². The average Bonchev–Trinajstić information content (AvgIpc) is 2.61. The molecule has 110 valence electrons. The van der Waals surface area contributed by atoms with Gasteiger partial charge in [0.2, 0.25) is 0 Å². The van der Waals surface area contributed by atoms with Gasteiger partial charge in [0, 0.05) is 6.54 Å². The van der Waals surface area contributed by atoms with Gasteiger partial charge >= 0.3 is 0 Å². The van der Waals surface area contributed by atoms with E-state index in [0.29, 0.717) is 11.3 Å². The zero-order valence-electron chi connectivity index (χ0n) is 13.4. The maximum Gasteiger partial charge on any atom is 0.118 e. The van der Waals surface area contributed by atoms with Crippen molar-refractivity contribution < 1.29 is 4.42 Å². The Morgan fingerprint density at radius 3 is 2.42 bits per heavy atom. The Morgan fingerprint density at radius 1 is 1.21 bits per heavy atom. The zero-order valence-corrected chi connectivity index (χ0v) is 13.4. The predicted octanol–water partition coefficient (Wildman–Crippen LogP) is 3.50. The molecule has 1 aromatic rings. The van der Waals surface area contributed by atoms with Crippen molar-refractivity contribution in [2.45, 2.75) is 47.7 Å². The molecule has 3 heteroatoms. The van der Waals surface area contributed by atoms with Crippen LogP contribution in [0.3, 0.4) is 0 Å². The van der Waals surface area contributed by atoms with Gasteiger partial charge in [-0.2, -0.15) is 0 Å². The third-order valence-electron chi connectivity index (χ3n) is 2.74. The maximum atomic E-state index is 5.85. The first-order valence-electron chi connectivity index (χ1n) is 7.23. The molecule has 0 aliphatic rings. The minimum Gasteiger partial charge on any atom is -0.463 e. The molecular weight excluding hydrogens is 236 g/mol. The fraction of sp³-hybridized carbons (Fsp3) is 0.750. The maximum absolute atomic E-state index is 5.85. The number of nitrogens with zero attached hydrogens (tertiary/aromatic N) is 1. The molecule has 0 saturated carbocycles. The van der Waals surface area contributed by atoms with Crippen LogP contribution in [0.25, 0.3) is 0 Å². The van der Waals surface area contributed by atoms with Gasteiger partial charge in [0.15, 0.2) is 0 Å². The number of rotatable bonds is 7. The molecule has 0 bridgehead atoms. The number of nitrogens with one attached hydrogen (secondary N) is 1. The minimum absolute atomic E-state index is 0.322. The fourth-order valence-corrected chi connectivity index (χ4v) is 2.22. The Bertz CT molecular complexity index is 363. The van der Waals surface area contributed by atoms with Gasteiger partial charge in [-0.25, -0.2) is 0 Å². The summed E-state index contributed by atoms with van der Waals surface area (Å²) >= 11 is 0. The van der Waals surface area contributed by atoms with E-state index in [4.69, 9.17) is 4.42 Å². The molecule has 3 nitrogen and oxygen atoms in total. The van der Waals surface area contributed by atoms with Crippen LogP contribution in [-0.4, -0.2) is 25.0 Å². The van der Waals surface area contributed by atoms with Gasteiger partial charge in [0.05, 0.1) is 13.1 Å². The lowest BCUT2D eigenvalue weighted by molar-refractivity contribution is 0.206. The molecular formula is C16H30N2O. The molecule has 0 radical (unpaired) electrons. The zero-order chi connectivity index (χ0) is 14.5.